The number of nitrogen functional groups attached to an aromatic ring is 1. The van der Waals surface area contributed by atoms with Gasteiger partial charge in [0.1, 0.15) is 5.69 Å². The van der Waals surface area contributed by atoms with Gasteiger partial charge in [-0.05, 0) is 39.8 Å². The van der Waals surface area contributed by atoms with E-state index in [-0.39, 0.29) is 11.3 Å². The number of anilines is 1. The standard InChI is InChI=1S/C12H16BF3N2O2/c1-10(2)11(3,4)20-13(19-10)9-7(17)5-6-8(18-9)12(14,15)16/h5-6H,17H2,1-4H3. The number of nitrogens with zero attached hydrogens (tertiary/aromatic N) is 1. The quantitative estimate of drug-likeness (QED) is 0.803. The Hall–Kier alpha value is -1.28. The Bertz CT molecular complexity index is 516. The van der Waals surface area contributed by atoms with E-state index in [9.17, 15) is 13.2 Å². The van der Waals surface area contributed by atoms with Crippen molar-refractivity contribution in [1.82, 2.24) is 4.98 Å². The van der Waals surface area contributed by atoms with Crippen molar-refractivity contribution < 1.29 is 22.5 Å². The molecule has 1 aliphatic rings. The van der Waals surface area contributed by atoms with Gasteiger partial charge < -0.3 is 15.0 Å². The van der Waals surface area contributed by atoms with E-state index >= 15 is 0 Å². The van der Waals surface area contributed by atoms with E-state index in [2.05, 4.69) is 4.98 Å². The number of hydrogen-bond donors (Lipinski definition) is 1. The van der Waals surface area contributed by atoms with E-state index in [1.165, 1.54) is 0 Å². The predicted molar refractivity (Wildman–Crippen MR) is 69.4 cm³/mol. The van der Waals surface area contributed by atoms with Crippen molar-refractivity contribution in [2.75, 3.05) is 5.73 Å². The third-order valence-corrected chi connectivity index (χ3v) is 3.72. The van der Waals surface area contributed by atoms with Crippen LogP contribution in [0, 0.1) is 0 Å². The second-order valence-electron chi connectivity index (χ2n) is 5.76. The number of rotatable bonds is 1. The Morgan fingerprint density at radius 1 is 1.10 bits per heavy atom. The van der Waals surface area contributed by atoms with Gasteiger partial charge >= 0.3 is 13.3 Å². The van der Waals surface area contributed by atoms with E-state index in [1.807, 2.05) is 0 Å². The van der Waals surface area contributed by atoms with Gasteiger partial charge in [0.05, 0.1) is 16.8 Å². The van der Waals surface area contributed by atoms with Crippen molar-refractivity contribution in [3.63, 3.8) is 0 Å². The molecule has 0 aliphatic carbocycles. The number of aromatic nitrogens is 1. The van der Waals surface area contributed by atoms with E-state index in [1.54, 1.807) is 27.7 Å². The third kappa shape index (κ3) is 2.49. The van der Waals surface area contributed by atoms with Gasteiger partial charge in [-0.15, -0.1) is 0 Å². The van der Waals surface area contributed by atoms with Gasteiger partial charge in [-0.3, -0.25) is 4.98 Å². The predicted octanol–water partition coefficient (Wildman–Crippen LogP) is 1.98. The second-order valence-corrected chi connectivity index (χ2v) is 5.76. The molecule has 1 fully saturated rings. The molecule has 0 spiro atoms. The van der Waals surface area contributed by atoms with E-state index in [0.717, 1.165) is 12.1 Å². The minimum atomic E-state index is -4.54. The molecule has 1 aliphatic heterocycles. The Kier molecular flexibility index (Phi) is 3.30. The van der Waals surface area contributed by atoms with Crippen LogP contribution in [0.3, 0.4) is 0 Å². The normalized spacial score (nSPS) is 21.2. The van der Waals surface area contributed by atoms with Gasteiger partial charge in [0.15, 0.2) is 0 Å². The summed E-state index contributed by atoms with van der Waals surface area (Å²) in [6.07, 6.45) is -4.54. The third-order valence-electron chi connectivity index (χ3n) is 3.72. The zero-order valence-electron chi connectivity index (χ0n) is 11.7. The molecule has 0 saturated carbocycles. The number of halogens is 3. The van der Waals surface area contributed by atoms with Gasteiger partial charge in [0.25, 0.3) is 0 Å². The van der Waals surface area contributed by atoms with Gasteiger partial charge in [-0.1, -0.05) is 0 Å². The zero-order valence-corrected chi connectivity index (χ0v) is 11.7. The molecule has 1 saturated heterocycles. The smallest absolute Gasteiger partial charge is 0.398 e. The Labute approximate surface area is 115 Å². The van der Waals surface area contributed by atoms with Crippen LogP contribution in [0.25, 0.3) is 0 Å². The van der Waals surface area contributed by atoms with Gasteiger partial charge in [0.2, 0.25) is 0 Å². The van der Waals surface area contributed by atoms with E-state index in [4.69, 9.17) is 15.0 Å². The molecule has 1 aromatic heterocycles. The summed E-state index contributed by atoms with van der Waals surface area (Å²) in [5, 5.41) is 0. The molecule has 0 amide bonds. The molecule has 0 bridgehead atoms. The van der Waals surface area contributed by atoms with Crippen molar-refractivity contribution >= 4 is 18.4 Å². The lowest BCUT2D eigenvalue weighted by molar-refractivity contribution is -0.141. The first-order chi connectivity index (χ1) is 8.94. The maximum absolute atomic E-state index is 12.7. The van der Waals surface area contributed by atoms with Crippen molar-refractivity contribution in [3.8, 4) is 0 Å². The maximum Gasteiger partial charge on any atom is 0.516 e. The molecule has 0 radical (unpaired) electrons. The monoisotopic (exact) mass is 288 g/mol. The highest BCUT2D eigenvalue weighted by atomic mass is 19.4. The van der Waals surface area contributed by atoms with E-state index in [0.29, 0.717) is 0 Å². The number of alkyl halides is 3. The summed E-state index contributed by atoms with van der Waals surface area (Å²) >= 11 is 0. The highest BCUT2D eigenvalue weighted by molar-refractivity contribution is 6.62. The first-order valence-corrected chi connectivity index (χ1v) is 6.13. The Balaban J connectivity index is 2.40. The lowest BCUT2D eigenvalue weighted by Crippen LogP contribution is -2.41. The van der Waals surface area contributed by atoms with Crippen molar-refractivity contribution in [2.24, 2.45) is 0 Å². The molecule has 110 valence electrons. The molecule has 0 aromatic carbocycles. The fourth-order valence-electron chi connectivity index (χ4n) is 1.79. The van der Waals surface area contributed by atoms with Crippen LogP contribution in [-0.2, 0) is 15.5 Å². The molecule has 1 aromatic rings. The average Bonchev–Trinajstić information content (AvgIpc) is 2.46. The molecule has 0 unspecified atom stereocenters. The minimum absolute atomic E-state index is 0.0431. The summed E-state index contributed by atoms with van der Waals surface area (Å²) in [4.78, 5) is 3.56. The van der Waals surface area contributed by atoms with Crippen LogP contribution in [0.4, 0.5) is 18.9 Å². The number of hydrogen-bond acceptors (Lipinski definition) is 4. The minimum Gasteiger partial charge on any atom is -0.398 e. The Morgan fingerprint density at radius 2 is 1.60 bits per heavy atom. The summed E-state index contributed by atoms with van der Waals surface area (Å²) in [5.41, 5.74) is 3.41. The highest BCUT2D eigenvalue weighted by Crippen LogP contribution is 2.37. The van der Waals surface area contributed by atoms with Gasteiger partial charge in [-0.2, -0.15) is 13.2 Å². The molecule has 2 rings (SSSR count). The van der Waals surface area contributed by atoms with Crippen LogP contribution in [0.2, 0.25) is 0 Å². The number of pyridine rings is 1. The topological polar surface area (TPSA) is 57.4 Å². The van der Waals surface area contributed by atoms with Crippen LogP contribution >= 0.6 is 0 Å². The first-order valence-electron chi connectivity index (χ1n) is 6.13. The average molecular weight is 288 g/mol. The zero-order chi connectivity index (χ0) is 15.3. The summed E-state index contributed by atoms with van der Waals surface area (Å²) in [5.74, 6) is 0. The molecular formula is C12H16BF3N2O2. The van der Waals surface area contributed by atoms with Crippen LogP contribution < -0.4 is 11.3 Å². The Morgan fingerprint density at radius 3 is 2.05 bits per heavy atom. The number of nitrogens with two attached hydrogens (primary N) is 1. The highest BCUT2D eigenvalue weighted by Gasteiger charge is 2.53. The van der Waals surface area contributed by atoms with Crippen molar-refractivity contribution in [3.05, 3.63) is 17.8 Å². The lowest BCUT2D eigenvalue weighted by atomic mass is 9.82. The molecule has 0 atom stereocenters. The molecule has 4 nitrogen and oxygen atoms in total. The van der Waals surface area contributed by atoms with E-state index < -0.39 is 30.2 Å². The van der Waals surface area contributed by atoms with Crippen LogP contribution in [0.1, 0.15) is 33.4 Å². The molecule has 2 heterocycles. The summed E-state index contributed by atoms with van der Waals surface area (Å²) in [6.45, 7) is 7.21. The van der Waals surface area contributed by atoms with Crippen molar-refractivity contribution in [1.29, 1.82) is 0 Å². The summed E-state index contributed by atoms with van der Waals surface area (Å²) in [7, 11) is -1.01. The largest absolute Gasteiger partial charge is 0.516 e. The summed E-state index contributed by atoms with van der Waals surface area (Å²) in [6, 6.07) is 2.00. The second kappa shape index (κ2) is 4.36. The SMILES string of the molecule is CC1(C)OB(c2nc(C(F)(F)F)ccc2N)OC1(C)C. The molecule has 8 heteroatoms. The lowest BCUT2D eigenvalue weighted by Gasteiger charge is -2.32. The summed E-state index contributed by atoms with van der Waals surface area (Å²) < 4.78 is 49.5. The van der Waals surface area contributed by atoms with Gasteiger partial charge in [-0.25, -0.2) is 0 Å². The van der Waals surface area contributed by atoms with Crippen molar-refractivity contribution in [2.45, 2.75) is 45.1 Å². The van der Waals surface area contributed by atoms with Crippen LogP contribution in [-0.4, -0.2) is 23.3 Å². The van der Waals surface area contributed by atoms with Crippen LogP contribution in [0.5, 0.6) is 0 Å². The molecule has 20 heavy (non-hydrogen) atoms. The maximum atomic E-state index is 12.7. The van der Waals surface area contributed by atoms with Gasteiger partial charge in [0, 0.05) is 5.69 Å². The molecular weight excluding hydrogens is 272 g/mol. The fourth-order valence-corrected chi connectivity index (χ4v) is 1.79. The fraction of sp³-hybridized carbons (Fsp3) is 0.583. The van der Waals surface area contributed by atoms with Crippen LogP contribution in [0.15, 0.2) is 12.1 Å². The first kappa shape index (κ1) is 15.1. The molecule has 2 N–H and O–H groups in total.